The molecule has 2 aromatic rings. The highest BCUT2D eigenvalue weighted by molar-refractivity contribution is 9.10. The quantitative estimate of drug-likeness (QED) is 0.801. The molecule has 0 saturated heterocycles. The van der Waals surface area contributed by atoms with Gasteiger partial charge in [-0.05, 0) is 48.0 Å². The van der Waals surface area contributed by atoms with Crippen molar-refractivity contribution in [1.82, 2.24) is 5.32 Å². The molecule has 19 heavy (non-hydrogen) atoms. The van der Waals surface area contributed by atoms with Crippen LogP contribution in [0.3, 0.4) is 0 Å². The highest BCUT2D eigenvalue weighted by Crippen LogP contribution is 2.23. The first kappa shape index (κ1) is 14.5. The van der Waals surface area contributed by atoms with Crippen LogP contribution in [0.5, 0.6) is 0 Å². The fourth-order valence-corrected chi connectivity index (χ4v) is 2.52. The van der Waals surface area contributed by atoms with Crippen molar-refractivity contribution >= 4 is 26.7 Å². The van der Waals surface area contributed by atoms with Gasteiger partial charge in [0.05, 0.1) is 12.6 Å². The van der Waals surface area contributed by atoms with Gasteiger partial charge in [-0.15, -0.1) is 0 Å². The molecule has 1 N–H and O–H groups in total. The van der Waals surface area contributed by atoms with Crippen LogP contribution in [-0.4, -0.2) is 20.3 Å². The predicted octanol–water partition coefficient (Wildman–Crippen LogP) is 4.29. The van der Waals surface area contributed by atoms with Gasteiger partial charge < -0.3 is 10.1 Å². The Bertz CT molecular complexity index is 541. The molecule has 3 heteroatoms. The number of ether oxygens (including phenoxy) is 1. The Hall–Kier alpha value is -0.900. The highest BCUT2D eigenvalue weighted by Gasteiger charge is 2.09. The van der Waals surface area contributed by atoms with Gasteiger partial charge in [0.25, 0.3) is 0 Å². The first-order valence-electron chi connectivity index (χ1n) is 6.69. The average Bonchev–Trinajstić information content (AvgIpc) is 2.43. The second-order valence-corrected chi connectivity index (χ2v) is 5.58. The molecule has 0 aromatic heterocycles. The van der Waals surface area contributed by atoms with E-state index in [1.165, 1.54) is 16.3 Å². The van der Waals surface area contributed by atoms with Crippen molar-refractivity contribution in [3.05, 3.63) is 46.4 Å². The summed E-state index contributed by atoms with van der Waals surface area (Å²) in [6.07, 6.45) is 1.06. The van der Waals surface area contributed by atoms with Crippen molar-refractivity contribution in [2.75, 3.05) is 20.3 Å². The van der Waals surface area contributed by atoms with Crippen LogP contribution in [0.2, 0.25) is 0 Å². The lowest BCUT2D eigenvalue weighted by Crippen LogP contribution is -2.22. The summed E-state index contributed by atoms with van der Waals surface area (Å²) in [4.78, 5) is 0. The molecule has 0 aliphatic rings. The Morgan fingerprint density at radius 1 is 1.16 bits per heavy atom. The third kappa shape index (κ3) is 3.78. The Morgan fingerprint density at radius 2 is 1.89 bits per heavy atom. The summed E-state index contributed by atoms with van der Waals surface area (Å²) in [7, 11) is 1.98. The number of rotatable bonds is 6. The lowest BCUT2D eigenvalue weighted by atomic mass is 10.0. The van der Waals surface area contributed by atoms with Crippen LogP contribution >= 0.6 is 15.9 Å². The van der Waals surface area contributed by atoms with Crippen LogP contribution in [0.25, 0.3) is 10.8 Å². The van der Waals surface area contributed by atoms with Crippen molar-refractivity contribution in [3.63, 3.8) is 0 Å². The summed E-state index contributed by atoms with van der Waals surface area (Å²) >= 11 is 3.50. The van der Waals surface area contributed by atoms with Crippen LogP contribution < -0.4 is 5.32 Å². The minimum absolute atomic E-state index is 0.250. The second kappa shape index (κ2) is 7.04. The van der Waals surface area contributed by atoms with E-state index >= 15 is 0 Å². The Balaban J connectivity index is 2.20. The second-order valence-electron chi connectivity index (χ2n) is 4.67. The molecule has 0 amide bonds. The van der Waals surface area contributed by atoms with Gasteiger partial charge in [0.2, 0.25) is 0 Å². The summed E-state index contributed by atoms with van der Waals surface area (Å²) in [6.45, 7) is 3.66. The smallest absolute Gasteiger partial charge is 0.0661 e. The molecule has 2 nitrogen and oxygen atoms in total. The van der Waals surface area contributed by atoms with Crippen LogP contribution in [0.15, 0.2) is 40.9 Å². The van der Waals surface area contributed by atoms with E-state index in [9.17, 15) is 0 Å². The molecule has 0 aliphatic carbocycles. The van der Waals surface area contributed by atoms with Crippen molar-refractivity contribution in [3.8, 4) is 0 Å². The first-order valence-corrected chi connectivity index (χ1v) is 7.48. The number of benzene rings is 2. The number of likely N-dealkylation sites (N-methyl/N-ethyl adjacent to an activating group) is 1. The van der Waals surface area contributed by atoms with Gasteiger partial charge >= 0.3 is 0 Å². The van der Waals surface area contributed by atoms with Crippen LogP contribution in [0.4, 0.5) is 0 Å². The third-order valence-corrected chi connectivity index (χ3v) is 3.70. The van der Waals surface area contributed by atoms with Crippen molar-refractivity contribution in [2.45, 2.75) is 19.4 Å². The maximum absolute atomic E-state index is 5.65. The minimum Gasteiger partial charge on any atom is -0.379 e. The van der Waals surface area contributed by atoms with Crippen LogP contribution in [-0.2, 0) is 4.74 Å². The molecule has 0 heterocycles. The largest absolute Gasteiger partial charge is 0.379 e. The third-order valence-electron chi connectivity index (χ3n) is 3.21. The van der Waals surface area contributed by atoms with Gasteiger partial charge in [-0.3, -0.25) is 0 Å². The van der Waals surface area contributed by atoms with E-state index in [0.717, 1.165) is 17.5 Å². The molecule has 0 saturated carbocycles. The van der Waals surface area contributed by atoms with Crippen molar-refractivity contribution < 1.29 is 4.74 Å². The van der Waals surface area contributed by atoms with E-state index in [4.69, 9.17) is 4.74 Å². The summed E-state index contributed by atoms with van der Waals surface area (Å²) < 4.78 is 6.77. The fraction of sp³-hybridized carbons (Fsp3) is 0.375. The monoisotopic (exact) mass is 321 g/mol. The normalized spacial score (nSPS) is 12.8. The average molecular weight is 322 g/mol. The molecule has 0 bridgehead atoms. The zero-order valence-electron chi connectivity index (χ0n) is 11.4. The predicted molar refractivity (Wildman–Crippen MR) is 84.6 cm³/mol. The van der Waals surface area contributed by atoms with E-state index in [-0.39, 0.29) is 6.04 Å². The number of hydrogen-bond acceptors (Lipinski definition) is 2. The molecule has 2 rings (SSSR count). The minimum atomic E-state index is 0.250. The van der Waals surface area contributed by atoms with Gasteiger partial charge in [0.15, 0.2) is 0 Å². The maximum Gasteiger partial charge on any atom is 0.0661 e. The molecule has 1 atom stereocenters. The number of nitrogens with one attached hydrogen (secondary N) is 1. The van der Waals surface area contributed by atoms with E-state index in [1.807, 2.05) is 7.05 Å². The Labute approximate surface area is 123 Å². The van der Waals surface area contributed by atoms with Crippen molar-refractivity contribution in [2.24, 2.45) is 0 Å². The van der Waals surface area contributed by atoms with E-state index in [0.29, 0.717) is 6.61 Å². The summed E-state index contributed by atoms with van der Waals surface area (Å²) in [5, 5.41) is 5.83. The molecule has 0 fully saturated rings. The summed E-state index contributed by atoms with van der Waals surface area (Å²) in [5.41, 5.74) is 1.27. The van der Waals surface area contributed by atoms with Gasteiger partial charge in [-0.2, -0.15) is 0 Å². The summed E-state index contributed by atoms with van der Waals surface area (Å²) in [6, 6.07) is 13.2. The molecular weight excluding hydrogens is 302 g/mol. The Morgan fingerprint density at radius 3 is 2.63 bits per heavy atom. The van der Waals surface area contributed by atoms with Gasteiger partial charge in [0.1, 0.15) is 0 Å². The van der Waals surface area contributed by atoms with Crippen LogP contribution in [0, 0.1) is 0 Å². The topological polar surface area (TPSA) is 21.3 Å². The first-order chi connectivity index (χ1) is 9.24. The number of hydrogen-bond donors (Lipinski definition) is 1. The summed E-state index contributed by atoms with van der Waals surface area (Å²) in [5.74, 6) is 0. The molecule has 2 aromatic carbocycles. The standard InChI is InChI=1S/C16H20BrNO/c1-3-8-19-11-16(18-2)14-5-4-13-10-15(17)7-6-12(13)9-14/h4-7,9-10,16,18H,3,8,11H2,1-2H3. The lowest BCUT2D eigenvalue weighted by molar-refractivity contribution is 0.114. The highest BCUT2D eigenvalue weighted by atomic mass is 79.9. The van der Waals surface area contributed by atoms with Crippen molar-refractivity contribution in [1.29, 1.82) is 0 Å². The zero-order chi connectivity index (χ0) is 13.7. The molecule has 1 unspecified atom stereocenters. The Kier molecular flexibility index (Phi) is 5.37. The SMILES string of the molecule is CCCOCC(NC)c1ccc2cc(Br)ccc2c1. The van der Waals surface area contributed by atoms with Crippen LogP contribution in [0.1, 0.15) is 24.9 Å². The van der Waals surface area contributed by atoms with E-state index in [2.05, 4.69) is 64.6 Å². The molecule has 0 spiro atoms. The number of halogens is 1. The van der Waals surface area contributed by atoms with E-state index < -0.39 is 0 Å². The van der Waals surface area contributed by atoms with Gasteiger partial charge in [-0.25, -0.2) is 0 Å². The van der Waals surface area contributed by atoms with Gasteiger partial charge in [0, 0.05) is 11.1 Å². The zero-order valence-corrected chi connectivity index (χ0v) is 13.0. The molecule has 0 aliphatic heterocycles. The number of fused-ring (bicyclic) bond motifs is 1. The molecule has 102 valence electrons. The molecule has 0 radical (unpaired) electrons. The lowest BCUT2D eigenvalue weighted by Gasteiger charge is -2.17. The maximum atomic E-state index is 5.65. The van der Waals surface area contributed by atoms with Gasteiger partial charge in [-0.1, -0.05) is 41.1 Å². The fourth-order valence-electron chi connectivity index (χ4n) is 2.14. The molecular formula is C16H20BrNO. The van der Waals surface area contributed by atoms with E-state index in [1.54, 1.807) is 0 Å².